The molecule has 1 N–H and O–H groups in total. The van der Waals surface area contributed by atoms with Crippen molar-refractivity contribution in [3.05, 3.63) is 33.9 Å². The lowest BCUT2D eigenvalue weighted by atomic mass is 10.2. The zero-order chi connectivity index (χ0) is 12.8. The maximum atomic E-state index is 10.7. The van der Waals surface area contributed by atoms with E-state index in [1.807, 2.05) is 6.92 Å². The molecule has 1 aromatic rings. The molecule has 0 bridgehead atoms. The van der Waals surface area contributed by atoms with Crippen molar-refractivity contribution in [3.63, 3.8) is 0 Å². The number of rotatable bonds is 6. The number of aliphatic hydroxyl groups is 1. The number of hydrogen-bond acceptors (Lipinski definition) is 5. The van der Waals surface area contributed by atoms with Crippen LogP contribution in [0.4, 0.5) is 5.69 Å². The molecule has 1 unspecified atom stereocenters. The van der Waals surface area contributed by atoms with Gasteiger partial charge in [-0.2, -0.15) is 0 Å². The fourth-order valence-corrected chi connectivity index (χ4v) is 2.13. The molecule has 0 saturated heterocycles. The maximum absolute atomic E-state index is 10.7. The Morgan fingerprint density at radius 1 is 1.59 bits per heavy atom. The van der Waals surface area contributed by atoms with E-state index in [0.717, 1.165) is 4.90 Å². The Balaban J connectivity index is 2.83. The lowest BCUT2D eigenvalue weighted by molar-refractivity contribution is -0.385. The van der Waals surface area contributed by atoms with Gasteiger partial charge in [0.15, 0.2) is 6.29 Å². The number of aliphatic hydroxyl groups excluding tert-OH is 1. The van der Waals surface area contributed by atoms with Gasteiger partial charge in [-0.25, -0.2) is 0 Å². The Labute approximate surface area is 103 Å². The van der Waals surface area contributed by atoms with Crippen LogP contribution in [0.3, 0.4) is 0 Å². The standard InChI is InChI=1S/C11H13NO4S/c1-8(5-13)7-17-10-2-3-11(12(15)16)9(4-10)6-14/h2-4,6,8,13H,5,7H2,1H3. The normalized spacial score (nSPS) is 12.1. The second-order valence-corrected chi connectivity index (χ2v) is 4.79. The minimum Gasteiger partial charge on any atom is -0.396 e. The van der Waals surface area contributed by atoms with Gasteiger partial charge in [0, 0.05) is 23.3 Å². The summed E-state index contributed by atoms with van der Waals surface area (Å²) in [5.41, 5.74) is -0.101. The first-order valence-electron chi connectivity index (χ1n) is 5.05. The molecule has 6 heteroatoms. The Kier molecular flexibility index (Phi) is 5.11. The summed E-state index contributed by atoms with van der Waals surface area (Å²) in [5.74, 6) is 0.849. The summed E-state index contributed by atoms with van der Waals surface area (Å²) in [4.78, 5) is 21.6. The third kappa shape index (κ3) is 3.83. The summed E-state index contributed by atoms with van der Waals surface area (Å²) in [5, 5.41) is 19.5. The summed E-state index contributed by atoms with van der Waals surface area (Å²) in [6.07, 6.45) is 0.484. The van der Waals surface area contributed by atoms with Crippen molar-refractivity contribution in [2.24, 2.45) is 5.92 Å². The number of carbonyl (C=O) groups excluding carboxylic acids is 1. The molecular formula is C11H13NO4S. The molecule has 0 aliphatic heterocycles. The van der Waals surface area contributed by atoms with Gasteiger partial charge < -0.3 is 5.11 Å². The highest BCUT2D eigenvalue weighted by molar-refractivity contribution is 7.99. The van der Waals surface area contributed by atoms with Crippen molar-refractivity contribution in [2.75, 3.05) is 12.4 Å². The van der Waals surface area contributed by atoms with Crippen molar-refractivity contribution >= 4 is 23.7 Å². The van der Waals surface area contributed by atoms with E-state index in [0.29, 0.717) is 12.0 Å². The summed E-state index contributed by atoms with van der Waals surface area (Å²) in [6, 6.07) is 4.44. The van der Waals surface area contributed by atoms with Gasteiger partial charge in [0.25, 0.3) is 5.69 Å². The third-order valence-corrected chi connectivity index (χ3v) is 3.49. The molecule has 0 aliphatic carbocycles. The van der Waals surface area contributed by atoms with E-state index in [2.05, 4.69) is 0 Å². The van der Waals surface area contributed by atoms with E-state index in [1.165, 1.54) is 23.9 Å². The highest BCUT2D eigenvalue weighted by atomic mass is 32.2. The van der Waals surface area contributed by atoms with Gasteiger partial charge in [-0.1, -0.05) is 6.92 Å². The zero-order valence-corrected chi connectivity index (χ0v) is 10.1. The molecule has 0 aliphatic rings. The Morgan fingerprint density at radius 2 is 2.29 bits per heavy atom. The number of nitro groups is 1. The third-order valence-electron chi connectivity index (χ3n) is 2.17. The molecule has 1 atom stereocenters. The van der Waals surface area contributed by atoms with Crippen molar-refractivity contribution in [1.82, 2.24) is 0 Å². The number of thioether (sulfide) groups is 1. The first kappa shape index (κ1) is 13.7. The van der Waals surface area contributed by atoms with Gasteiger partial charge in [-0.15, -0.1) is 11.8 Å². The summed E-state index contributed by atoms with van der Waals surface area (Å²) < 4.78 is 0. The van der Waals surface area contributed by atoms with Gasteiger partial charge in [-0.05, 0) is 18.1 Å². The minimum absolute atomic E-state index is 0.0802. The van der Waals surface area contributed by atoms with Crippen molar-refractivity contribution in [1.29, 1.82) is 0 Å². The predicted octanol–water partition coefficient (Wildman–Crippen LogP) is 2.13. The Bertz CT molecular complexity index is 422. The molecule has 0 radical (unpaired) electrons. The lowest BCUT2D eigenvalue weighted by Gasteiger charge is -2.07. The molecule has 17 heavy (non-hydrogen) atoms. The van der Waals surface area contributed by atoms with Crippen molar-refractivity contribution in [3.8, 4) is 0 Å². The molecule has 5 nitrogen and oxygen atoms in total. The number of nitro benzene ring substituents is 1. The van der Waals surface area contributed by atoms with E-state index in [1.54, 1.807) is 6.07 Å². The smallest absolute Gasteiger partial charge is 0.279 e. The monoisotopic (exact) mass is 255 g/mol. The highest BCUT2D eigenvalue weighted by Gasteiger charge is 2.13. The molecule has 0 saturated carbocycles. The van der Waals surface area contributed by atoms with Crippen LogP contribution in [0.2, 0.25) is 0 Å². The van der Waals surface area contributed by atoms with Crippen LogP contribution in [-0.2, 0) is 0 Å². The average molecular weight is 255 g/mol. The van der Waals surface area contributed by atoms with Gasteiger partial charge in [0.2, 0.25) is 0 Å². The molecule has 92 valence electrons. The van der Waals surface area contributed by atoms with Gasteiger partial charge >= 0.3 is 0 Å². The van der Waals surface area contributed by atoms with Crippen LogP contribution in [-0.4, -0.2) is 28.7 Å². The van der Waals surface area contributed by atoms with E-state index in [9.17, 15) is 14.9 Å². The molecule has 0 heterocycles. The van der Waals surface area contributed by atoms with Crippen LogP contribution in [0, 0.1) is 16.0 Å². The maximum Gasteiger partial charge on any atom is 0.279 e. The topological polar surface area (TPSA) is 80.4 Å². The van der Waals surface area contributed by atoms with E-state index >= 15 is 0 Å². The molecule has 0 amide bonds. The van der Waals surface area contributed by atoms with Gasteiger partial charge in [0.1, 0.15) is 0 Å². The minimum atomic E-state index is -0.575. The second-order valence-electron chi connectivity index (χ2n) is 3.69. The van der Waals surface area contributed by atoms with Crippen molar-refractivity contribution in [2.45, 2.75) is 11.8 Å². The second kappa shape index (κ2) is 6.36. The number of aldehydes is 1. The number of carbonyl (C=O) groups is 1. The quantitative estimate of drug-likeness (QED) is 0.364. The molecular weight excluding hydrogens is 242 g/mol. The zero-order valence-electron chi connectivity index (χ0n) is 9.33. The molecule has 0 aromatic heterocycles. The van der Waals surface area contributed by atoms with Gasteiger partial charge in [0.05, 0.1) is 10.5 Å². The van der Waals surface area contributed by atoms with Gasteiger partial charge in [-0.3, -0.25) is 14.9 Å². The van der Waals surface area contributed by atoms with Crippen LogP contribution < -0.4 is 0 Å². The van der Waals surface area contributed by atoms with E-state index in [-0.39, 0.29) is 23.8 Å². The molecule has 0 spiro atoms. The Hall–Kier alpha value is -1.40. The van der Waals surface area contributed by atoms with Crippen LogP contribution in [0.5, 0.6) is 0 Å². The first-order valence-corrected chi connectivity index (χ1v) is 6.04. The number of hydrogen-bond donors (Lipinski definition) is 1. The average Bonchev–Trinajstić information content (AvgIpc) is 2.35. The fraction of sp³-hybridized carbons (Fsp3) is 0.364. The lowest BCUT2D eigenvalue weighted by Crippen LogP contribution is -2.03. The molecule has 1 aromatic carbocycles. The van der Waals surface area contributed by atoms with E-state index < -0.39 is 4.92 Å². The summed E-state index contributed by atoms with van der Waals surface area (Å²) >= 11 is 1.46. The fourth-order valence-electron chi connectivity index (χ4n) is 1.17. The summed E-state index contributed by atoms with van der Waals surface area (Å²) in [6.45, 7) is 2.00. The van der Waals surface area contributed by atoms with Crippen molar-refractivity contribution < 1.29 is 14.8 Å². The van der Waals surface area contributed by atoms with Crippen LogP contribution in [0.15, 0.2) is 23.1 Å². The largest absolute Gasteiger partial charge is 0.396 e. The SMILES string of the molecule is CC(CO)CSc1ccc([N+](=O)[O-])c(C=O)c1. The van der Waals surface area contributed by atoms with Crippen LogP contribution >= 0.6 is 11.8 Å². The highest BCUT2D eigenvalue weighted by Crippen LogP contribution is 2.26. The molecule has 0 fully saturated rings. The predicted molar refractivity (Wildman–Crippen MR) is 65.5 cm³/mol. The van der Waals surface area contributed by atoms with Crippen LogP contribution in [0.1, 0.15) is 17.3 Å². The van der Waals surface area contributed by atoms with E-state index in [4.69, 9.17) is 5.11 Å². The van der Waals surface area contributed by atoms with Crippen LogP contribution in [0.25, 0.3) is 0 Å². The number of benzene rings is 1. The Morgan fingerprint density at radius 3 is 2.82 bits per heavy atom. The summed E-state index contributed by atoms with van der Waals surface area (Å²) in [7, 11) is 0. The number of nitrogens with zero attached hydrogens (tertiary/aromatic N) is 1. The molecule has 1 rings (SSSR count). The first-order chi connectivity index (χ1) is 8.08.